The molecule has 8 nitrogen and oxygen atoms in total. The number of carbonyl (C=O) groups is 1. The Morgan fingerprint density at radius 2 is 1.64 bits per heavy atom. The van der Waals surface area contributed by atoms with Crippen molar-refractivity contribution < 1.29 is 9.53 Å². The molecular weight excluding hydrogens is 488 g/mol. The first-order chi connectivity index (χ1) is 19.2. The predicted molar refractivity (Wildman–Crippen MR) is 152 cm³/mol. The van der Waals surface area contributed by atoms with E-state index in [-0.39, 0.29) is 6.54 Å². The van der Waals surface area contributed by atoms with Gasteiger partial charge in [0.05, 0.1) is 24.2 Å². The summed E-state index contributed by atoms with van der Waals surface area (Å²) in [5.74, 6) is -0.266. The Bertz CT molecular complexity index is 1510. The van der Waals surface area contributed by atoms with Gasteiger partial charge in [0, 0.05) is 38.3 Å². The van der Waals surface area contributed by atoms with Gasteiger partial charge in [-0.1, -0.05) is 60.7 Å². The summed E-state index contributed by atoms with van der Waals surface area (Å²) < 4.78 is 5.39. The van der Waals surface area contributed by atoms with E-state index >= 15 is 0 Å². The molecule has 2 heterocycles. The minimum Gasteiger partial charge on any atom is -0.496 e. The number of hydrogen-bond donors (Lipinski definition) is 1. The molecular formula is C31H30N6O2. The lowest BCUT2D eigenvalue weighted by Crippen LogP contribution is -2.45. The second-order valence-corrected chi connectivity index (χ2v) is 9.26. The number of nitrogens with zero attached hydrogens (tertiary/aromatic N) is 5. The molecule has 1 aliphatic rings. The summed E-state index contributed by atoms with van der Waals surface area (Å²) in [6.45, 7) is 3.20. The summed E-state index contributed by atoms with van der Waals surface area (Å²) >= 11 is 0. The first-order valence-corrected chi connectivity index (χ1v) is 12.9. The van der Waals surface area contributed by atoms with E-state index < -0.39 is 11.8 Å². The quantitative estimate of drug-likeness (QED) is 0.371. The van der Waals surface area contributed by atoms with Crippen molar-refractivity contribution in [2.24, 2.45) is 0 Å². The summed E-state index contributed by atoms with van der Waals surface area (Å²) in [7, 11) is 1.59. The fourth-order valence-corrected chi connectivity index (χ4v) is 4.65. The van der Waals surface area contributed by atoms with E-state index in [1.165, 1.54) is 0 Å². The van der Waals surface area contributed by atoms with Crippen LogP contribution in [0.1, 0.15) is 22.7 Å². The summed E-state index contributed by atoms with van der Waals surface area (Å²) in [4.78, 5) is 27.4. The zero-order valence-electron chi connectivity index (χ0n) is 21.8. The van der Waals surface area contributed by atoms with Crippen LogP contribution >= 0.6 is 0 Å². The molecule has 39 heavy (non-hydrogen) atoms. The maximum absolute atomic E-state index is 13.3. The standard InChI is InChI=1S/C31H30N6O2/c1-39-28-14-8-5-11-24(28)22-33-31(38)25(21-32)29-30(35-27-13-7-6-12-26(27)34-29)37-19-17-36(18-20-37)16-15-23-9-3-2-4-10-23/h2-16,25H,17-20,22H2,1H3,(H,33,38). The Hall–Kier alpha value is -4.90. The number of hydrogen-bond acceptors (Lipinski definition) is 7. The Morgan fingerprint density at radius 3 is 2.36 bits per heavy atom. The van der Waals surface area contributed by atoms with Gasteiger partial charge in [-0.3, -0.25) is 4.79 Å². The highest BCUT2D eigenvalue weighted by Gasteiger charge is 2.30. The molecule has 3 aromatic carbocycles. The van der Waals surface area contributed by atoms with Gasteiger partial charge in [-0.05, 0) is 36.0 Å². The molecule has 5 rings (SSSR count). The molecule has 1 aromatic heterocycles. The summed E-state index contributed by atoms with van der Waals surface area (Å²) in [6, 6.07) is 27.4. The van der Waals surface area contributed by atoms with Crippen LogP contribution in [0.2, 0.25) is 0 Å². The second-order valence-electron chi connectivity index (χ2n) is 9.26. The number of nitriles is 1. The van der Waals surface area contributed by atoms with Gasteiger partial charge in [-0.15, -0.1) is 0 Å². The Labute approximate surface area is 228 Å². The molecule has 0 saturated carbocycles. The van der Waals surface area contributed by atoms with Crippen molar-refractivity contribution >= 4 is 28.8 Å². The molecule has 0 aliphatic carbocycles. The minimum absolute atomic E-state index is 0.240. The topological polar surface area (TPSA) is 94.4 Å². The normalized spacial score (nSPS) is 14.3. The minimum atomic E-state index is -1.11. The summed E-state index contributed by atoms with van der Waals surface area (Å²) in [5, 5.41) is 13.0. The molecule has 8 heteroatoms. The Kier molecular flexibility index (Phi) is 7.98. The molecule has 4 aromatic rings. The van der Waals surface area contributed by atoms with Crippen LogP contribution in [-0.2, 0) is 11.3 Å². The lowest BCUT2D eigenvalue weighted by atomic mass is 10.0. The molecule has 1 amide bonds. The zero-order valence-corrected chi connectivity index (χ0v) is 21.8. The number of rotatable bonds is 8. The van der Waals surface area contributed by atoms with Gasteiger partial charge < -0.3 is 19.9 Å². The third kappa shape index (κ3) is 5.99. The average Bonchev–Trinajstić information content (AvgIpc) is 3.00. The monoisotopic (exact) mass is 518 g/mol. The van der Waals surface area contributed by atoms with Gasteiger partial charge in [-0.2, -0.15) is 5.26 Å². The van der Waals surface area contributed by atoms with Crippen LogP contribution in [0.3, 0.4) is 0 Å². The number of para-hydroxylation sites is 3. The van der Waals surface area contributed by atoms with Crippen LogP contribution in [-0.4, -0.2) is 54.1 Å². The number of nitrogens with one attached hydrogen (secondary N) is 1. The number of aromatic nitrogens is 2. The first kappa shape index (κ1) is 25.7. The van der Waals surface area contributed by atoms with Crippen LogP contribution in [0.5, 0.6) is 5.75 Å². The largest absolute Gasteiger partial charge is 0.496 e. The number of carbonyl (C=O) groups excluding carboxylic acids is 1. The van der Waals surface area contributed by atoms with Crippen molar-refractivity contribution in [1.29, 1.82) is 5.26 Å². The molecule has 0 spiro atoms. The maximum atomic E-state index is 13.3. The number of fused-ring (bicyclic) bond motifs is 1. The molecule has 1 aliphatic heterocycles. The van der Waals surface area contributed by atoms with Crippen LogP contribution < -0.4 is 15.0 Å². The highest BCUT2D eigenvalue weighted by Crippen LogP contribution is 2.28. The molecule has 1 saturated heterocycles. The van der Waals surface area contributed by atoms with E-state index in [4.69, 9.17) is 14.7 Å². The van der Waals surface area contributed by atoms with Crippen LogP contribution in [0.4, 0.5) is 5.82 Å². The van der Waals surface area contributed by atoms with E-state index in [0.29, 0.717) is 35.9 Å². The summed E-state index contributed by atoms with van der Waals surface area (Å²) in [6.07, 6.45) is 4.22. The molecule has 196 valence electrons. The van der Waals surface area contributed by atoms with Crippen molar-refractivity contribution in [2.45, 2.75) is 12.5 Å². The van der Waals surface area contributed by atoms with Gasteiger partial charge in [0.2, 0.25) is 5.91 Å². The van der Waals surface area contributed by atoms with E-state index in [2.05, 4.69) is 45.6 Å². The fraction of sp³-hybridized carbons (Fsp3) is 0.226. The Balaban J connectivity index is 1.37. The van der Waals surface area contributed by atoms with Gasteiger partial charge >= 0.3 is 0 Å². The number of methoxy groups -OCH3 is 1. The van der Waals surface area contributed by atoms with Crippen LogP contribution in [0.25, 0.3) is 17.1 Å². The average molecular weight is 519 g/mol. The van der Waals surface area contributed by atoms with E-state index in [1.807, 2.05) is 66.7 Å². The van der Waals surface area contributed by atoms with Crippen molar-refractivity contribution in [3.8, 4) is 11.8 Å². The molecule has 1 fully saturated rings. The zero-order chi connectivity index (χ0) is 27.0. The lowest BCUT2D eigenvalue weighted by molar-refractivity contribution is -0.121. The highest BCUT2D eigenvalue weighted by atomic mass is 16.5. The second kappa shape index (κ2) is 12.1. The predicted octanol–water partition coefficient (Wildman–Crippen LogP) is 4.35. The molecule has 1 unspecified atom stereocenters. The van der Waals surface area contributed by atoms with Gasteiger partial charge in [0.15, 0.2) is 11.7 Å². The van der Waals surface area contributed by atoms with Gasteiger partial charge in [-0.25, -0.2) is 9.97 Å². The van der Waals surface area contributed by atoms with E-state index in [0.717, 1.165) is 29.7 Å². The lowest BCUT2D eigenvalue weighted by Gasteiger charge is -2.35. The Morgan fingerprint density at radius 1 is 0.974 bits per heavy atom. The van der Waals surface area contributed by atoms with Crippen molar-refractivity contribution in [3.63, 3.8) is 0 Å². The van der Waals surface area contributed by atoms with Gasteiger partial charge in [0.25, 0.3) is 0 Å². The smallest absolute Gasteiger partial charge is 0.243 e. The number of amides is 1. The van der Waals surface area contributed by atoms with Crippen molar-refractivity contribution in [1.82, 2.24) is 20.2 Å². The van der Waals surface area contributed by atoms with Crippen molar-refractivity contribution in [2.75, 3.05) is 38.2 Å². The van der Waals surface area contributed by atoms with E-state index in [1.54, 1.807) is 7.11 Å². The first-order valence-electron chi connectivity index (χ1n) is 12.9. The third-order valence-corrected chi connectivity index (χ3v) is 6.78. The van der Waals surface area contributed by atoms with E-state index in [9.17, 15) is 10.1 Å². The molecule has 1 atom stereocenters. The maximum Gasteiger partial charge on any atom is 0.243 e. The highest BCUT2D eigenvalue weighted by molar-refractivity contribution is 5.89. The van der Waals surface area contributed by atoms with Crippen molar-refractivity contribution in [3.05, 3.63) is 102 Å². The third-order valence-electron chi connectivity index (χ3n) is 6.78. The number of piperazine rings is 1. The number of anilines is 1. The van der Waals surface area contributed by atoms with Crippen LogP contribution in [0.15, 0.2) is 85.1 Å². The molecule has 0 radical (unpaired) electrons. The fourth-order valence-electron chi connectivity index (χ4n) is 4.65. The van der Waals surface area contributed by atoms with Gasteiger partial charge in [0.1, 0.15) is 11.4 Å². The summed E-state index contributed by atoms with van der Waals surface area (Å²) in [5.41, 5.74) is 3.74. The number of benzene rings is 3. The molecule has 1 N–H and O–H groups in total. The molecule has 0 bridgehead atoms. The SMILES string of the molecule is COc1ccccc1CNC(=O)C(C#N)c1nc2ccccc2nc1N1CCN(C=Cc2ccccc2)CC1. The van der Waals surface area contributed by atoms with Crippen LogP contribution in [0, 0.1) is 11.3 Å². The number of ether oxygens (including phenoxy) is 1.